The molecule has 0 atom stereocenters. The van der Waals surface area contributed by atoms with Gasteiger partial charge in [-0.2, -0.15) is 0 Å². The maximum atomic E-state index is 13.0. The topological polar surface area (TPSA) is 49.9 Å². The van der Waals surface area contributed by atoms with Crippen LogP contribution >= 0.6 is 11.3 Å². The van der Waals surface area contributed by atoms with E-state index in [0.29, 0.717) is 31.1 Å². The Morgan fingerprint density at radius 1 is 1.07 bits per heavy atom. The summed E-state index contributed by atoms with van der Waals surface area (Å²) >= 11 is 1.48. The Bertz CT molecular complexity index is 820. The lowest BCUT2D eigenvalue weighted by Crippen LogP contribution is -2.49. The summed E-state index contributed by atoms with van der Waals surface area (Å²) in [5.74, 6) is -0.843. The van der Waals surface area contributed by atoms with Crippen LogP contribution in [-0.2, 0) is 22.4 Å². The number of thiophene rings is 1. The Morgan fingerprint density at radius 3 is 2.52 bits per heavy atom. The summed E-state index contributed by atoms with van der Waals surface area (Å²) < 4.78 is 18.3. The molecule has 4 rings (SSSR count). The molecule has 2 heterocycles. The molecule has 0 N–H and O–H groups in total. The van der Waals surface area contributed by atoms with E-state index in [1.54, 1.807) is 17.0 Å². The Hall–Kier alpha value is -2.41. The van der Waals surface area contributed by atoms with E-state index in [0.717, 1.165) is 24.9 Å². The number of hydrogen-bond acceptors (Lipinski definition) is 5. The van der Waals surface area contributed by atoms with Gasteiger partial charge in [-0.15, -0.1) is 11.3 Å². The fraction of sp³-hybridized carbons (Fsp3) is 0.400. The second-order valence-corrected chi connectivity index (χ2v) is 7.97. The van der Waals surface area contributed by atoms with Crippen LogP contribution < -0.4 is 4.90 Å². The van der Waals surface area contributed by atoms with Crippen molar-refractivity contribution in [3.63, 3.8) is 0 Å². The standard InChI is InChI=1S/C20H21FN2O3S/c21-15-4-6-16(7-5-15)22-8-10-23(11-9-22)19(24)13-26-20(25)18-12-14-2-1-3-17(14)27-18/h4-7,12H,1-3,8-11,13H2. The zero-order valence-corrected chi connectivity index (χ0v) is 15.8. The predicted octanol–water partition coefficient (Wildman–Crippen LogP) is 2.88. The number of hydrogen-bond donors (Lipinski definition) is 0. The summed E-state index contributed by atoms with van der Waals surface area (Å²) in [5.41, 5.74) is 2.19. The van der Waals surface area contributed by atoms with Gasteiger partial charge in [0.15, 0.2) is 6.61 Å². The summed E-state index contributed by atoms with van der Waals surface area (Å²) in [5, 5.41) is 0. The second kappa shape index (κ2) is 7.68. The molecule has 7 heteroatoms. The first-order chi connectivity index (χ1) is 13.1. The number of nitrogens with zero attached hydrogens (tertiary/aromatic N) is 2. The summed E-state index contributed by atoms with van der Waals surface area (Å²) in [7, 11) is 0. The zero-order chi connectivity index (χ0) is 18.8. The van der Waals surface area contributed by atoms with Crippen LogP contribution in [0.15, 0.2) is 30.3 Å². The molecule has 2 aliphatic rings. The highest BCUT2D eigenvalue weighted by molar-refractivity contribution is 7.14. The molecule has 1 amide bonds. The first-order valence-corrected chi connectivity index (χ1v) is 9.99. The molecule has 2 aromatic rings. The lowest BCUT2D eigenvalue weighted by Gasteiger charge is -2.36. The van der Waals surface area contributed by atoms with Crippen molar-refractivity contribution in [2.45, 2.75) is 19.3 Å². The van der Waals surface area contributed by atoms with Gasteiger partial charge in [0, 0.05) is 36.7 Å². The largest absolute Gasteiger partial charge is 0.451 e. The third-order valence-corrected chi connectivity index (χ3v) is 6.32. The fourth-order valence-corrected chi connectivity index (χ4v) is 4.73. The van der Waals surface area contributed by atoms with E-state index >= 15 is 0 Å². The number of fused-ring (bicyclic) bond motifs is 1. The number of anilines is 1. The highest BCUT2D eigenvalue weighted by atomic mass is 32.1. The monoisotopic (exact) mass is 388 g/mol. The summed E-state index contributed by atoms with van der Waals surface area (Å²) in [6.07, 6.45) is 3.21. The van der Waals surface area contributed by atoms with E-state index in [1.807, 2.05) is 6.07 Å². The van der Waals surface area contributed by atoms with Gasteiger partial charge in [-0.3, -0.25) is 4.79 Å². The van der Waals surface area contributed by atoms with Gasteiger partial charge in [0.1, 0.15) is 10.7 Å². The SMILES string of the molecule is O=C(OCC(=O)N1CCN(c2ccc(F)cc2)CC1)c1cc2c(s1)CCC2. The molecule has 1 aromatic carbocycles. The Morgan fingerprint density at radius 2 is 1.81 bits per heavy atom. The summed E-state index contributed by atoms with van der Waals surface area (Å²) in [4.78, 5) is 30.2. The van der Waals surface area contributed by atoms with Crippen LogP contribution in [0.3, 0.4) is 0 Å². The molecule has 5 nitrogen and oxygen atoms in total. The van der Waals surface area contributed by atoms with E-state index < -0.39 is 5.97 Å². The minimum atomic E-state index is -0.410. The molecule has 0 radical (unpaired) electrons. The van der Waals surface area contributed by atoms with Gasteiger partial charge in [0.25, 0.3) is 5.91 Å². The molecular formula is C20H21FN2O3S. The lowest BCUT2D eigenvalue weighted by atomic mass is 10.2. The van der Waals surface area contributed by atoms with E-state index in [1.165, 1.54) is 33.9 Å². The molecule has 0 unspecified atom stereocenters. The minimum Gasteiger partial charge on any atom is -0.451 e. The smallest absolute Gasteiger partial charge is 0.348 e. The number of carbonyl (C=O) groups is 2. The summed E-state index contributed by atoms with van der Waals surface area (Å²) in [6, 6.07) is 8.26. The number of halogens is 1. The van der Waals surface area contributed by atoms with Gasteiger partial charge in [0.05, 0.1) is 0 Å². The van der Waals surface area contributed by atoms with Gasteiger partial charge in [-0.1, -0.05) is 0 Å². The lowest BCUT2D eigenvalue weighted by molar-refractivity contribution is -0.134. The maximum absolute atomic E-state index is 13.0. The Balaban J connectivity index is 1.25. The van der Waals surface area contributed by atoms with Crippen molar-refractivity contribution in [1.82, 2.24) is 4.90 Å². The number of ether oxygens (including phenoxy) is 1. The number of carbonyl (C=O) groups excluding carboxylic acids is 2. The van der Waals surface area contributed by atoms with Crippen molar-refractivity contribution < 1.29 is 18.7 Å². The van der Waals surface area contributed by atoms with Crippen molar-refractivity contribution in [3.8, 4) is 0 Å². The van der Waals surface area contributed by atoms with Crippen LogP contribution in [0.2, 0.25) is 0 Å². The number of amides is 1. The van der Waals surface area contributed by atoms with Gasteiger partial charge in [-0.25, -0.2) is 9.18 Å². The first-order valence-electron chi connectivity index (χ1n) is 9.17. The quantitative estimate of drug-likeness (QED) is 0.756. The first kappa shape index (κ1) is 18.0. The van der Waals surface area contributed by atoms with E-state index in [-0.39, 0.29) is 18.3 Å². The molecule has 0 spiro atoms. The normalized spacial score (nSPS) is 16.3. The number of benzene rings is 1. The number of esters is 1. The molecule has 1 aliphatic carbocycles. The fourth-order valence-electron chi connectivity index (χ4n) is 3.59. The Kier molecular flexibility index (Phi) is 5.11. The molecule has 1 aromatic heterocycles. The number of aryl methyl sites for hydroxylation is 2. The third-order valence-electron chi connectivity index (χ3n) is 5.10. The molecule has 0 saturated carbocycles. The van der Waals surface area contributed by atoms with Crippen LogP contribution in [0.25, 0.3) is 0 Å². The predicted molar refractivity (Wildman–Crippen MR) is 102 cm³/mol. The van der Waals surface area contributed by atoms with Crippen molar-refractivity contribution >= 4 is 28.9 Å². The van der Waals surface area contributed by atoms with Crippen LogP contribution in [0.5, 0.6) is 0 Å². The third kappa shape index (κ3) is 3.98. The highest BCUT2D eigenvalue weighted by Crippen LogP contribution is 2.30. The molecule has 1 saturated heterocycles. The van der Waals surface area contributed by atoms with E-state index in [9.17, 15) is 14.0 Å². The van der Waals surface area contributed by atoms with E-state index in [4.69, 9.17) is 4.74 Å². The average molecular weight is 388 g/mol. The average Bonchev–Trinajstić information content (AvgIpc) is 3.29. The van der Waals surface area contributed by atoms with Crippen molar-refractivity contribution in [2.75, 3.05) is 37.7 Å². The summed E-state index contributed by atoms with van der Waals surface area (Å²) in [6.45, 7) is 2.23. The van der Waals surface area contributed by atoms with Crippen LogP contribution in [0.4, 0.5) is 10.1 Å². The maximum Gasteiger partial charge on any atom is 0.348 e. The molecule has 1 aliphatic heterocycles. The van der Waals surface area contributed by atoms with E-state index in [2.05, 4.69) is 4.90 Å². The van der Waals surface area contributed by atoms with Gasteiger partial charge in [-0.05, 0) is 55.2 Å². The van der Waals surface area contributed by atoms with Crippen LogP contribution in [-0.4, -0.2) is 49.6 Å². The molecule has 27 heavy (non-hydrogen) atoms. The number of piperazine rings is 1. The van der Waals surface area contributed by atoms with Crippen LogP contribution in [0.1, 0.15) is 26.5 Å². The Labute approximate surface area is 161 Å². The van der Waals surface area contributed by atoms with Gasteiger partial charge < -0.3 is 14.5 Å². The van der Waals surface area contributed by atoms with Gasteiger partial charge in [0.2, 0.25) is 0 Å². The molecular weight excluding hydrogens is 367 g/mol. The zero-order valence-electron chi connectivity index (χ0n) is 14.9. The second-order valence-electron chi connectivity index (χ2n) is 6.83. The van der Waals surface area contributed by atoms with Crippen LogP contribution in [0, 0.1) is 5.82 Å². The number of rotatable bonds is 4. The van der Waals surface area contributed by atoms with Crippen molar-refractivity contribution in [2.24, 2.45) is 0 Å². The van der Waals surface area contributed by atoms with Gasteiger partial charge >= 0.3 is 5.97 Å². The molecule has 1 fully saturated rings. The van der Waals surface area contributed by atoms with Crippen molar-refractivity contribution in [1.29, 1.82) is 0 Å². The molecule has 142 valence electrons. The highest BCUT2D eigenvalue weighted by Gasteiger charge is 2.24. The van der Waals surface area contributed by atoms with Crippen molar-refractivity contribution in [3.05, 3.63) is 51.5 Å². The minimum absolute atomic E-state index is 0.175. The molecule has 0 bridgehead atoms.